The number of hydrogen-bond donors (Lipinski definition) is 2. The van der Waals surface area contributed by atoms with Crippen molar-refractivity contribution in [3.05, 3.63) is 23.9 Å². The number of alkyl halides is 3. The minimum Gasteiger partial charge on any atom is -0.357 e. The van der Waals surface area contributed by atoms with Crippen molar-refractivity contribution >= 4 is 11.7 Å². The van der Waals surface area contributed by atoms with Crippen LogP contribution in [0.4, 0.5) is 19.0 Å². The van der Waals surface area contributed by atoms with E-state index in [1.807, 2.05) is 4.90 Å². The van der Waals surface area contributed by atoms with Gasteiger partial charge in [0, 0.05) is 31.7 Å². The molecule has 140 valence electrons. The molecule has 1 aromatic rings. The van der Waals surface area contributed by atoms with E-state index < -0.39 is 11.7 Å². The number of nitrogens with one attached hydrogen (secondary N) is 1. The van der Waals surface area contributed by atoms with Crippen LogP contribution in [0.25, 0.3) is 0 Å². The Morgan fingerprint density at radius 3 is 2.64 bits per heavy atom. The lowest BCUT2D eigenvalue weighted by Gasteiger charge is -2.32. The second kappa shape index (κ2) is 8.48. The number of pyridine rings is 1. The fourth-order valence-corrected chi connectivity index (χ4v) is 2.66. The van der Waals surface area contributed by atoms with E-state index in [1.165, 1.54) is 6.07 Å². The van der Waals surface area contributed by atoms with Gasteiger partial charge in [-0.2, -0.15) is 13.2 Å². The third-order valence-electron chi connectivity index (χ3n) is 4.02. The van der Waals surface area contributed by atoms with Crippen LogP contribution in [0.2, 0.25) is 0 Å². The Morgan fingerprint density at radius 2 is 2.12 bits per heavy atom. The van der Waals surface area contributed by atoms with Crippen LogP contribution >= 0.6 is 0 Å². The zero-order chi connectivity index (χ0) is 18.4. The molecule has 0 bridgehead atoms. The molecule has 1 aromatic heterocycles. The van der Waals surface area contributed by atoms with E-state index in [1.54, 1.807) is 6.92 Å². The lowest BCUT2D eigenvalue weighted by Crippen LogP contribution is -2.37. The summed E-state index contributed by atoms with van der Waals surface area (Å²) in [4.78, 5) is 22.6. The molecule has 1 saturated heterocycles. The van der Waals surface area contributed by atoms with E-state index in [9.17, 15) is 18.0 Å². The van der Waals surface area contributed by atoms with Gasteiger partial charge in [-0.05, 0) is 37.8 Å². The lowest BCUT2D eigenvalue weighted by molar-refractivity contribution is -0.138. The molecular weight excluding hydrogens is 337 g/mol. The normalized spacial score (nSPS) is 17.4. The first kappa shape index (κ1) is 19.5. The van der Waals surface area contributed by atoms with Gasteiger partial charge in [-0.25, -0.2) is 10.5 Å². The molecule has 0 spiro atoms. The number of nitrogens with zero attached hydrogens (tertiary/aromatic N) is 2. The smallest absolute Gasteiger partial charge is 0.357 e. The minimum atomic E-state index is -4.38. The summed E-state index contributed by atoms with van der Waals surface area (Å²) in [7, 11) is 0. The Balaban J connectivity index is 1.76. The number of nitrogens with two attached hydrogens (primary N) is 1. The Labute approximate surface area is 144 Å². The van der Waals surface area contributed by atoms with Crippen molar-refractivity contribution in [2.75, 3.05) is 24.6 Å². The molecule has 9 heteroatoms. The summed E-state index contributed by atoms with van der Waals surface area (Å²) in [6.07, 6.45) is -1.64. The highest BCUT2D eigenvalue weighted by Gasteiger charge is 2.31. The predicted octanol–water partition coefficient (Wildman–Crippen LogP) is 2.10. The maximum atomic E-state index is 12.6. The molecule has 1 atom stereocenters. The van der Waals surface area contributed by atoms with Gasteiger partial charge in [0.15, 0.2) is 0 Å². The second-order valence-corrected chi connectivity index (χ2v) is 6.35. The first-order valence-corrected chi connectivity index (χ1v) is 8.20. The largest absolute Gasteiger partial charge is 0.417 e. The van der Waals surface area contributed by atoms with Crippen LogP contribution in [0.15, 0.2) is 18.3 Å². The highest BCUT2D eigenvalue weighted by atomic mass is 19.4. The highest BCUT2D eigenvalue weighted by Crippen LogP contribution is 2.30. The van der Waals surface area contributed by atoms with Gasteiger partial charge >= 0.3 is 6.18 Å². The molecule has 1 fully saturated rings. The van der Waals surface area contributed by atoms with Crippen molar-refractivity contribution < 1.29 is 22.8 Å². The molecule has 1 aliphatic rings. The Kier molecular flexibility index (Phi) is 6.60. The molecule has 3 N–H and O–H groups in total. The van der Waals surface area contributed by atoms with Crippen molar-refractivity contribution in [3.8, 4) is 0 Å². The molecule has 2 rings (SSSR count). The average Bonchev–Trinajstić information content (AvgIpc) is 2.54. The van der Waals surface area contributed by atoms with Crippen LogP contribution in [-0.2, 0) is 15.8 Å². The van der Waals surface area contributed by atoms with E-state index >= 15 is 0 Å². The number of halogens is 3. The topological polar surface area (TPSA) is 80.5 Å². The van der Waals surface area contributed by atoms with E-state index in [2.05, 4.69) is 10.5 Å². The number of hydroxylamine groups is 1. The summed E-state index contributed by atoms with van der Waals surface area (Å²) in [6.45, 7) is 3.33. The molecule has 0 aromatic carbocycles. The van der Waals surface area contributed by atoms with Gasteiger partial charge in [-0.1, -0.05) is 0 Å². The fraction of sp³-hybridized carbons (Fsp3) is 0.625. The molecule has 0 radical (unpaired) electrons. The molecule has 6 nitrogen and oxygen atoms in total. The summed E-state index contributed by atoms with van der Waals surface area (Å²) in [5, 5.41) is 0. The average molecular weight is 360 g/mol. The van der Waals surface area contributed by atoms with Crippen molar-refractivity contribution in [3.63, 3.8) is 0 Å². The Hall–Kier alpha value is -1.87. The van der Waals surface area contributed by atoms with E-state index in [-0.39, 0.29) is 24.5 Å². The maximum Gasteiger partial charge on any atom is 0.417 e. The molecule has 25 heavy (non-hydrogen) atoms. The first-order valence-electron chi connectivity index (χ1n) is 8.20. The third-order valence-corrected chi connectivity index (χ3v) is 4.02. The van der Waals surface area contributed by atoms with Gasteiger partial charge in [0.2, 0.25) is 5.91 Å². The van der Waals surface area contributed by atoms with E-state index in [4.69, 9.17) is 10.6 Å². The van der Waals surface area contributed by atoms with Crippen LogP contribution in [0.5, 0.6) is 0 Å². The van der Waals surface area contributed by atoms with Gasteiger partial charge in [0.1, 0.15) is 5.82 Å². The number of anilines is 1. The fourth-order valence-electron chi connectivity index (χ4n) is 2.66. The summed E-state index contributed by atoms with van der Waals surface area (Å²) < 4.78 is 37.7. The van der Waals surface area contributed by atoms with E-state index in [0.29, 0.717) is 25.3 Å². The van der Waals surface area contributed by atoms with Crippen molar-refractivity contribution in [1.82, 2.24) is 10.5 Å². The molecule has 0 saturated carbocycles. The quantitative estimate of drug-likeness (QED) is 0.760. The Bertz CT molecular complexity index is 555. The number of hydrogen-bond acceptors (Lipinski definition) is 5. The molecule has 0 aliphatic carbocycles. The minimum absolute atomic E-state index is 0.153. The first-order chi connectivity index (χ1) is 11.8. The van der Waals surface area contributed by atoms with Crippen LogP contribution in [0, 0.1) is 5.92 Å². The predicted molar refractivity (Wildman–Crippen MR) is 86.5 cm³/mol. The van der Waals surface area contributed by atoms with Gasteiger partial charge in [0.25, 0.3) is 0 Å². The standard InChI is InChI=1S/C16H23F3N4O2/c1-11(20)10-25-22-15(24)8-12-4-6-23(7-5-12)14-3-2-13(9-21-14)16(17,18)19/h2-3,9,11-12H,4-8,10,20H2,1H3,(H,22,24)/t11-/m0/s1. The van der Waals surface area contributed by atoms with Gasteiger partial charge in [-0.3, -0.25) is 9.63 Å². The monoisotopic (exact) mass is 360 g/mol. The zero-order valence-corrected chi connectivity index (χ0v) is 14.1. The lowest BCUT2D eigenvalue weighted by atomic mass is 9.93. The molecule has 0 unspecified atom stereocenters. The van der Waals surface area contributed by atoms with E-state index in [0.717, 1.165) is 25.1 Å². The number of rotatable bonds is 6. The number of piperidine rings is 1. The van der Waals surface area contributed by atoms with Gasteiger partial charge in [0.05, 0.1) is 12.2 Å². The van der Waals surface area contributed by atoms with Gasteiger partial charge in [-0.15, -0.1) is 0 Å². The second-order valence-electron chi connectivity index (χ2n) is 6.35. The Morgan fingerprint density at radius 1 is 1.44 bits per heavy atom. The van der Waals surface area contributed by atoms with Crippen LogP contribution < -0.4 is 16.1 Å². The number of carbonyl (C=O) groups is 1. The van der Waals surface area contributed by atoms with Crippen molar-refractivity contribution in [2.45, 2.75) is 38.4 Å². The summed E-state index contributed by atoms with van der Waals surface area (Å²) in [5.41, 5.74) is 7.13. The molecular formula is C16H23F3N4O2. The highest BCUT2D eigenvalue weighted by molar-refractivity contribution is 5.75. The van der Waals surface area contributed by atoms with Crippen LogP contribution in [0.1, 0.15) is 31.7 Å². The van der Waals surface area contributed by atoms with Crippen molar-refractivity contribution in [2.24, 2.45) is 11.7 Å². The molecule has 1 amide bonds. The third kappa shape index (κ3) is 6.17. The molecule has 2 heterocycles. The van der Waals surface area contributed by atoms with Crippen LogP contribution in [0.3, 0.4) is 0 Å². The summed E-state index contributed by atoms with van der Waals surface area (Å²) >= 11 is 0. The van der Waals surface area contributed by atoms with Gasteiger partial charge < -0.3 is 10.6 Å². The zero-order valence-electron chi connectivity index (χ0n) is 14.1. The maximum absolute atomic E-state index is 12.6. The van der Waals surface area contributed by atoms with Crippen molar-refractivity contribution in [1.29, 1.82) is 0 Å². The number of carbonyl (C=O) groups excluding carboxylic acids is 1. The molecule has 1 aliphatic heterocycles. The number of amides is 1. The van der Waals surface area contributed by atoms with Crippen LogP contribution in [-0.4, -0.2) is 36.6 Å². The SMILES string of the molecule is C[C@H](N)CONC(=O)CC1CCN(c2ccc(C(F)(F)F)cn2)CC1. The number of aromatic nitrogens is 1. The summed E-state index contributed by atoms with van der Waals surface area (Å²) in [6, 6.07) is 2.27. The summed E-state index contributed by atoms with van der Waals surface area (Å²) in [5.74, 6) is 0.549.